The van der Waals surface area contributed by atoms with E-state index in [0.29, 0.717) is 19.0 Å². The molecule has 0 fully saturated rings. The number of imidazole rings is 1. The van der Waals surface area contributed by atoms with Crippen molar-refractivity contribution in [2.24, 2.45) is 5.92 Å². The summed E-state index contributed by atoms with van der Waals surface area (Å²) in [7, 11) is 0. The quantitative estimate of drug-likeness (QED) is 0.816. The number of benzene rings is 1. The van der Waals surface area contributed by atoms with Crippen LogP contribution in [0.25, 0.3) is 11.0 Å². The third-order valence-corrected chi connectivity index (χ3v) is 2.87. The molecule has 0 spiro atoms. The highest BCUT2D eigenvalue weighted by atomic mass is 16.3. The zero-order chi connectivity index (χ0) is 13.0. The fraction of sp³-hybridized carbons (Fsp3) is 0.500. The number of fused-ring (bicyclic) bond motifs is 1. The average molecular weight is 247 g/mol. The summed E-state index contributed by atoms with van der Waals surface area (Å²) in [5.41, 5.74) is 2.04. The van der Waals surface area contributed by atoms with Crippen molar-refractivity contribution in [3.8, 4) is 0 Å². The van der Waals surface area contributed by atoms with Gasteiger partial charge in [-0.05, 0) is 24.6 Å². The summed E-state index contributed by atoms with van der Waals surface area (Å²) in [5, 5.41) is 13.2. The number of hydrogen-bond donors (Lipinski definition) is 2. The van der Waals surface area contributed by atoms with E-state index in [-0.39, 0.29) is 6.10 Å². The summed E-state index contributed by atoms with van der Waals surface area (Å²) in [5.74, 6) is 0.603. The zero-order valence-corrected chi connectivity index (χ0v) is 11.0. The molecule has 1 heterocycles. The fourth-order valence-electron chi connectivity index (χ4n) is 1.99. The number of aliphatic hydroxyl groups is 1. The van der Waals surface area contributed by atoms with Crippen molar-refractivity contribution >= 4 is 11.0 Å². The predicted molar refractivity (Wildman–Crippen MR) is 73.4 cm³/mol. The van der Waals surface area contributed by atoms with Gasteiger partial charge < -0.3 is 15.0 Å². The molecule has 2 rings (SSSR count). The predicted octanol–water partition coefficient (Wildman–Crippen LogP) is 1.64. The van der Waals surface area contributed by atoms with E-state index >= 15 is 0 Å². The molecule has 4 nitrogen and oxygen atoms in total. The van der Waals surface area contributed by atoms with E-state index in [1.165, 1.54) is 0 Å². The second-order valence-electron chi connectivity index (χ2n) is 5.09. The first-order valence-electron chi connectivity index (χ1n) is 6.45. The molecule has 0 amide bonds. The Labute approximate surface area is 108 Å². The molecule has 2 N–H and O–H groups in total. The van der Waals surface area contributed by atoms with Gasteiger partial charge in [0.2, 0.25) is 0 Å². The van der Waals surface area contributed by atoms with Crippen LogP contribution in [0.3, 0.4) is 0 Å². The van der Waals surface area contributed by atoms with E-state index in [1.807, 2.05) is 28.8 Å². The van der Waals surface area contributed by atoms with Crippen molar-refractivity contribution in [3.05, 3.63) is 30.6 Å². The third-order valence-electron chi connectivity index (χ3n) is 2.87. The first-order valence-corrected chi connectivity index (χ1v) is 6.45. The first-order chi connectivity index (χ1) is 8.66. The summed E-state index contributed by atoms with van der Waals surface area (Å²) in [6, 6.07) is 7.97. The third kappa shape index (κ3) is 3.31. The number of para-hydroxylation sites is 2. The summed E-state index contributed by atoms with van der Waals surface area (Å²) in [6.45, 7) is 6.43. The molecule has 1 aromatic heterocycles. The topological polar surface area (TPSA) is 50.1 Å². The van der Waals surface area contributed by atoms with Crippen molar-refractivity contribution in [2.45, 2.75) is 26.5 Å². The van der Waals surface area contributed by atoms with E-state index in [2.05, 4.69) is 24.1 Å². The molecule has 98 valence electrons. The zero-order valence-electron chi connectivity index (χ0n) is 11.0. The summed E-state index contributed by atoms with van der Waals surface area (Å²) in [6.07, 6.45) is 1.40. The number of aromatic nitrogens is 2. The maximum atomic E-state index is 9.98. The fourth-order valence-corrected chi connectivity index (χ4v) is 1.99. The van der Waals surface area contributed by atoms with E-state index in [9.17, 15) is 5.11 Å². The smallest absolute Gasteiger partial charge is 0.0959 e. The molecule has 1 atom stereocenters. The van der Waals surface area contributed by atoms with Gasteiger partial charge in [0.25, 0.3) is 0 Å². The second kappa shape index (κ2) is 5.98. The first kappa shape index (κ1) is 13.1. The molecule has 4 heteroatoms. The van der Waals surface area contributed by atoms with Crippen LogP contribution in [0.15, 0.2) is 30.6 Å². The molecule has 18 heavy (non-hydrogen) atoms. The minimum absolute atomic E-state index is 0.388. The van der Waals surface area contributed by atoms with Gasteiger partial charge in [-0.3, -0.25) is 0 Å². The number of rotatable bonds is 6. The highest BCUT2D eigenvalue weighted by molar-refractivity contribution is 5.74. The molecule has 0 aliphatic carbocycles. The monoisotopic (exact) mass is 247 g/mol. The van der Waals surface area contributed by atoms with Gasteiger partial charge in [-0.15, -0.1) is 0 Å². The molecule has 1 aromatic carbocycles. The molecule has 0 bridgehead atoms. The minimum Gasteiger partial charge on any atom is -0.390 e. The van der Waals surface area contributed by atoms with Gasteiger partial charge in [-0.25, -0.2) is 4.98 Å². The highest BCUT2D eigenvalue weighted by Gasteiger charge is 2.08. The van der Waals surface area contributed by atoms with E-state index in [0.717, 1.165) is 17.6 Å². The van der Waals surface area contributed by atoms with Crippen LogP contribution in [0, 0.1) is 5.92 Å². The van der Waals surface area contributed by atoms with E-state index in [1.54, 1.807) is 6.33 Å². The summed E-state index contributed by atoms with van der Waals surface area (Å²) in [4.78, 5) is 4.31. The van der Waals surface area contributed by atoms with Crippen LogP contribution < -0.4 is 5.32 Å². The lowest BCUT2D eigenvalue weighted by Gasteiger charge is -2.14. The largest absolute Gasteiger partial charge is 0.390 e. The van der Waals surface area contributed by atoms with Crippen molar-refractivity contribution in [1.82, 2.24) is 14.9 Å². The van der Waals surface area contributed by atoms with Crippen molar-refractivity contribution < 1.29 is 5.11 Å². The Kier molecular flexibility index (Phi) is 4.33. The van der Waals surface area contributed by atoms with Gasteiger partial charge in [0.1, 0.15) is 0 Å². The molecule has 0 aliphatic heterocycles. The van der Waals surface area contributed by atoms with Crippen LogP contribution >= 0.6 is 0 Å². The average Bonchev–Trinajstić information content (AvgIpc) is 2.72. The second-order valence-corrected chi connectivity index (χ2v) is 5.09. The van der Waals surface area contributed by atoms with E-state index in [4.69, 9.17) is 0 Å². The van der Waals surface area contributed by atoms with Gasteiger partial charge in [-0.1, -0.05) is 26.0 Å². The van der Waals surface area contributed by atoms with Gasteiger partial charge in [0.05, 0.1) is 30.0 Å². The van der Waals surface area contributed by atoms with Crippen LogP contribution in [-0.2, 0) is 6.54 Å². The van der Waals surface area contributed by atoms with Crippen molar-refractivity contribution in [1.29, 1.82) is 0 Å². The normalized spacial score (nSPS) is 13.3. The highest BCUT2D eigenvalue weighted by Crippen LogP contribution is 2.11. The van der Waals surface area contributed by atoms with Gasteiger partial charge in [0, 0.05) is 6.54 Å². The Morgan fingerprint density at radius 3 is 2.83 bits per heavy atom. The molecule has 0 radical (unpaired) electrons. The van der Waals surface area contributed by atoms with Crippen LogP contribution in [-0.4, -0.2) is 33.9 Å². The molecule has 0 saturated carbocycles. The van der Waals surface area contributed by atoms with Crippen LogP contribution in [0.5, 0.6) is 0 Å². The Bertz CT molecular complexity index is 492. The Morgan fingerprint density at radius 1 is 1.28 bits per heavy atom. The van der Waals surface area contributed by atoms with Crippen LogP contribution in [0.2, 0.25) is 0 Å². The summed E-state index contributed by atoms with van der Waals surface area (Å²) < 4.78 is 2.00. The standard InChI is InChI=1S/C14H21N3O/c1-11(2)7-15-8-12(18)9-17-10-16-13-5-3-4-6-14(13)17/h3-6,10-12,15,18H,7-9H2,1-2H3. The van der Waals surface area contributed by atoms with Crippen LogP contribution in [0.4, 0.5) is 0 Å². The molecule has 2 aromatic rings. The number of nitrogens with zero attached hydrogens (tertiary/aromatic N) is 2. The number of hydrogen-bond acceptors (Lipinski definition) is 3. The van der Waals surface area contributed by atoms with Gasteiger partial charge >= 0.3 is 0 Å². The Morgan fingerprint density at radius 2 is 2.06 bits per heavy atom. The van der Waals surface area contributed by atoms with Crippen molar-refractivity contribution in [2.75, 3.05) is 13.1 Å². The summed E-state index contributed by atoms with van der Waals surface area (Å²) >= 11 is 0. The van der Waals surface area contributed by atoms with Crippen LogP contribution in [0.1, 0.15) is 13.8 Å². The lowest BCUT2D eigenvalue weighted by atomic mass is 10.2. The molecular weight excluding hydrogens is 226 g/mol. The molecule has 0 saturated heterocycles. The lowest BCUT2D eigenvalue weighted by Crippen LogP contribution is -2.32. The van der Waals surface area contributed by atoms with Gasteiger partial charge in [0.15, 0.2) is 0 Å². The Hall–Kier alpha value is -1.39. The Balaban J connectivity index is 1.92. The number of nitrogens with one attached hydrogen (secondary N) is 1. The van der Waals surface area contributed by atoms with E-state index < -0.39 is 0 Å². The maximum Gasteiger partial charge on any atom is 0.0959 e. The SMILES string of the molecule is CC(C)CNCC(O)Cn1cnc2ccccc21. The minimum atomic E-state index is -0.388. The molecular formula is C14H21N3O. The molecule has 1 unspecified atom stereocenters. The lowest BCUT2D eigenvalue weighted by molar-refractivity contribution is 0.152. The maximum absolute atomic E-state index is 9.98. The number of aliphatic hydroxyl groups excluding tert-OH is 1. The van der Waals surface area contributed by atoms with Gasteiger partial charge in [-0.2, -0.15) is 0 Å². The molecule has 0 aliphatic rings. The van der Waals surface area contributed by atoms with Crippen molar-refractivity contribution in [3.63, 3.8) is 0 Å².